The number of carbonyl (C=O) groups excluding carboxylic acids is 3. The minimum Gasteiger partial charge on any atom is -0.325 e. The molecule has 0 spiro atoms. The molecular formula is C17H14ClN3O3S. The molecule has 0 fully saturated rings. The Balaban J connectivity index is 1.76. The van der Waals surface area contributed by atoms with Crippen molar-refractivity contribution in [2.75, 3.05) is 21.7 Å². The van der Waals surface area contributed by atoms with E-state index in [0.717, 1.165) is 4.90 Å². The summed E-state index contributed by atoms with van der Waals surface area (Å²) in [4.78, 5) is 35.9. The molecule has 25 heavy (non-hydrogen) atoms. The zero-order valence-electron chi connectivity index (χ0n) is 13.2. The summed E-state index contributed by atoms with van der Waals surface area (Å²) in [5.41, 5.74) is 2.03. The predicted octanol–water partition coefficient (Wildman–Crippen LogP) is 3.59. The molecule has 1 aliphatic heterocycles. The van der Waals surface area contributed by atoms with Crippen LogP contribution in [0.5, 0.6) is 0 Å². The Labute approximate surface area is 153 Å². The summed E-state index contributed by atoms with van der Waals surface area (Å²) in [7, 11) is 0. The molecule has 0 atom stereocenters. The van der Waals surface area contributed by atoms with Crippen LogP contribution in [-0.4, -0.2) is 23.5 Å². The number of amides is 3. The molecule has 1 heterocycles. The number of halogens is 1. The van der Waals surface area contributed by atoms with Crippen molar-refractivity contribution in [3.05, 3.63) is 47.0 Å². The van der Waals surface area contributed by atoms with Crippen LogP contribution in [0.1, 0.15) is 17.3 Å². The van der Waals surface area contributed by atoms with E-state index in [0.29, 0.717) is 33.4 Å². The Hall–Kier alpha value is -2.51. The maximum atomic E-state index is 12.4. The molecule has 0 bridgehead atoms. The Morgan fingerprint density at radius 3 is 2.68 bits per heavy atom. The molecule has 0 aliphatic carbocycles. The van der Waals surface area contributed by atoms with Crippen LogP contribution in [0, 0.1) is 0 Å². The monoisotopic (exact) mass is 375 g/mol. The topological polar surface area (TPSA) is 87.3 Å². The number of nitrogens with one attached hydrogen (secondary N) is 3. The third kappa shape index (κ3) is 4.12. The second-order valence-corrected chi connectivity index (χ2v) is 6.80. The van der Waals surface area contributed by atoms with Gasteiger partial charge in [0.15, 0.2) is 0 Å². The zero-order chi connectivity index (χ0) is 18.0. The summed E-state index contributed by atoms with van der Waals surface area (Å²) in [6.45, 7) is 1.39. The largest absolute Gasteiger partial charge is 0.325 e. The summed E-state index contributed by atoms with van der Waals surface area (Å²) in [5.74, 6) is -0.267. The van der Waals surface area contributed by atoms with Gasteiger partial charge in [0.25, 0.3) is 5.91 Å². The van der Waals surface area contributed by atoms with E-state index in [9.17, 15) is 14.4 Å². The average molecular weight is 376 g/mol. The number of anilines is 3. The first-order valence-electron chi connectivity index (χ1n) is 7.37. The van der Waals surface area contributed by atoms with Crippen LogP contribution in [0.3, 0.4) is 0 Å². The molecule has 6 nitrogen and oxygen atoms in total. The molecule has 8 heteroatoms. The lowest BCUT2D eigenvalue weighted by Crippen LogP contribution is -2.20. The smallest absolute Gasteiger partial charge is 0.255 e. The molecule has 3 N–H and O–H groups in total. The van der Waals surface area contributed by atoms with Gasteiger partial charge in [-0.15, -0.1) is 11.8 Å². The molecule has 0 aromatic heterocycles. The first kappa shape index (κ1) is 17.3. The normalized spacial score (nSPS) is 12.8. The summed E-state index contributed by atoms with van der Waals surface area (Å²) in [5, 5.41) is 8.41. The number of rotatable bonds is 3. The van der Waals surface area contributed by atoms with E-state index in [1.807, 2.05) is 0 Å². The highest BCUT2D eigenvalue weighted by Gasteiger charge is 2.17. The van der Waals surface area contributed by atoms with Crippen LogP contribution in [0.4, 0.5) is 17.1 Å². The number of thioether (sulfide) groups is 1. The van der Waals surface area contributed by atoms with E-state index >= 15 is 0 Å². The number of hydrogen-bond acceptors (Lipinski definition) is 4. The minimum absolute atomic E-state index is 0.0876. The van der Waals surface area contributed by atoms with Gasteiger partial charge in [-0.1, -0.05) is 11.6 Å². The third-order valence-corrected chi connectivity index (χ3v) is 4.80. The van der Waals surface area contributed by atoms with E-state index in [1.165, 1.54) is 18.7 Å². The van der Waals surface area contributed by atoms with Gasteiger partial charge in [-0.3, -0.25) is 14.4 Å². The zero-order valence-corrected chi connectivity index (χ0v) is 14.8. The highest BCUT2D eigenvalue weighted by Crippen LogP contribution is 2.32. The number of fused-ring (bicyclic) bond motifs is 1. The molecule has 3 rings (SSSR count). The van der Waals surface area contributed by atoms with Gasteiger partial charge in [0, 0.05) is 23.1 Å². The molecule has 3 amide bonds. The van der Waals surface area contributed by atoms with Crippen LogP contribution in [-0.2, 0) is 9.59 Å². The van der Waals surface area contributed by atoms with Gasteiger partial charge in [0.05, 0.1) is 22.2 Å². The molecule has 0 saturated heterocycles. The van der Waals surface area contributed by atoms with E-state index in [4.69, 9.17) is 11.6 Å². The SMILES string of the molecule is CC(=O)Nc1ccc(NC(=O)c2ccc3c(c2)NC(=O)CS3)cc1Cl. The lowest BCUT2D eigenvalue weighted by Gasteiger charge is -2.17. The van der Waals surface area contributed by atoms with Crippen molar-refractivity contribution >= 4 is 58.1 Å². The fraction of sp³-hybridized carbons (Fsp3) is 0.118. The van der Waals surface area contributed by atoms with E-state index < -0.39 is 0 Å². The third-order valence-electron chi connectivity index (χ3n) is 3.41. The predicted molar refractivity (Wildman–Crippen MR) is 99.5 cm³/mol. The Kier molecular flexibility index (Phi) is 4.96. The lowest BCUT2D eigenvalue weighted by molar-refractivity contribution is -0.114. The van der Waals surface area contributed by atoms with Gasteiger partial charge in [-0.2, -0.15) is 0 Å². The average Bonchev–Trinajstić information content (AvgIpc) is 2.56. The standard InChI is InChI=1S/C17H14ClN3O3S/c1-9(22)19-13-4-3-11(7-12(13)18)20-17(24)10-2-5-15-14(6-10)21-16(23)8-25-15/h2-7H,8H2,1H3,(H,19,22)(H,20,24)(H,21,23). The van der Waals surface area contributed by atoms with Gasteiger partial charge in [0.2, 0.25) is 11.8 Å². The van der Waals surface area contributed by atoms with Crippen LogP contribution in [0.25, 0.3) is 0 Å². The summed E-state index contributed by atoms with van der Waals surface area (Å²) >= 11 is 7.53. The number of benzene rings is 2. The molecular weight excluding hydrogens is 362 g/mol. The van der Waals surface area contributed by atoms with Crippen LogP contribution in [0.2, 0.25) is 5.02 Å². The first-order valence-corrected chi connectivity index (χ1v) is 8.74. The molecule has 2 aromatic carbocycles. The highest BCUT2D eigenvalue weighted by molar-refractivity contribution is 8.00. The van der Waals surface area contributed by atoms with Crippen molar-refractivity contribution in [1.82, 2.24) is 0 Å². The lowest BCUT2D eigenvalue weighted by atomic mass is 10.1. The maximum Gasteiger partial charge on any atom is 0.255 e. The van der Waals surface area contributed by atoms with Crippen LogP contribution >= 0.6 is 23.4 Å². The Morgan fingerprint density at radius 2 is 1.96 bits per heavy atom. The molecule has 0 radical (unpaired) electrons. The van der Waals surface area contributed by atoms with Crippen molar-refractivity contribution in [3.63, 3.8) is 0 Å². The van der Waals surface area contributed by atoms with Crippen molar-refractivity contribution in [3.8, 4) is 0 Å². The van der Waals surface area contributed by atoms with Gasteiger partial charge in [-0.25, -0.2) is 0 Å². The number of carbonyl (C=O) groups is 3. The number of hydrogen-bond donors (Lipinski definition) is 3. The summed E-state index contributed by atoms with van der Waals surface area (Å²) in [6.07, 6.45) is 0. The van der Waals surface area contributed by atoms with Crippen LogP contribution < -0.4 is 16.0 Å². The first-order chi connectivity index (χ1) is 11.9. The van der Waals surface area contributed by atoms with Gasteiger partial charge in [0.1, 0.15) is 0 Å². The molecule has 0 unspecified atom stereocenters. The van der Waals surface area contributed by atoms with Crippen molar-refractivity contribution in [1.29, 1.82) is 0 Å². The molecule has 128 valence electrons. The fourth-order valence-corrected chi connectivity index (χ4v) is 3.33. The summed E-state index contributed by atoms with van der Waals surface area (Å²) < 4.78 is 0. The Bertz CT molecular complexity index is 885. The van der Waals surface area contributed by atoms with Gasteiger partial charge < -0.3 is 16.0 Å². The highest BCUT2D eigenvalue weighted by atomic mass is 35.5. The maximum absolute atomic E-state index is 12.4. The Morgan fingerprint density at radius 1 is 1.16 bits per heavy atom. The van der Waals surface area contributed by atoms with Crippen molar-refractivity contribution in [2.45, 2.75) is 11.8 Å². The molecule has 2 aromatic rings. The van der Waals surface area contributed by atoms with E-state index in [2.05, 4.69) is 16.0 Å². The molecule has 0 saturated carbocycles. The molecule has 1 aliphatic rings. The van der Waals surface area contributed by atoms with Crippen molar-refractivity contribution < 1.29 is 14.4 Å². The minimum atomic E-state index is -0.323. The van der Waals surface area contributed by atoms with Gasteiger partial charge >= 0.3 is 0 Å². The van der Waals surface area contributed by atoms with Gasteiger partial charge in [-0.05, 0) is 36.4 Å². The summed E-state index contributed by atoms with van der Waals surface area (Å²) in [6, 6.07) is 9.96. The second kappa shape index (κ2) is 7.16. The van der Waals surface area contributed by atoms with Crippen LogP contribution in [0.15, 0.2) is 41.3 Å². The van der Waals surface area contributed by atoms with Crippen molar-refractivity contribution in [2.24, 2.45) is 0 Å². The van der Waals surface area contributed by atoms with E-state index in [1.54, 1.807) is 36.4 Å². The fourth-order valence-electron chi connectivity index (χ4n) is 2.31. The second-order valence-electron chi connectivity index (χ2n) is 5.38. The van der Waals surface area contributed by atoms with E-state index in [-0.39, 0.29) is 17.7 Å². The quantitative estimate of drug-likeness (QED) is 0.765.